The average molecular weight is 198 g/mol. The van der Waals surface area contributed by atoms with Gasteiger partial charge in [0.05, 0.1) is 5.52 Å². The van der Waals surface area contributed by atoms with E-state index in [4.69, 9.17) is 5.73 Å². The highest BCUT2D eigenvalue weighted by Gasteiger charge is 2.00. The molecule has 0 atom stereocenters. The lowest BCUT2D eigenvalue weighted by molar-refractivity contribution is 1.07. The van der Waals surface area contributed by atoms with Crippen molar-refractivity contribution in [3.05, 3.63) is 29.5 Å². The molecule has 0 saturated heterocycles. The number of rotatable bonds is 1. The van der Waals surface area contributed by atoms with Crippen LogP contribution in [0.3, 0.4) is 0 Å². The molecule has 4 heteroatoms. The van der Waals surface area contributed by atoms with E-state index in [0.717, 1.165) is 22.2 Å². The predicted molar refractivity (Wildman–Crippen MR) is 56.0 cm³/mol. The standard InChI is InChI=1S/C9H11N3.ClH/c1-6-8-4-7(5-10)2-3-9(8)12-11-6;/h2-4H,5,10H2,1H3,(H,11,12);1H. The van der Waals surface area contributed by atoms with E-state index >= 15 is 0 Å². The smallest absolute Gasteiger partial charge is 0.0923 e. The molecule has 70 valence electrons. The summed E-state index contributed by atoms with van der Waals surface area (Å²) in [7, 11) is 0. The molecule has 0 radical (unpaired) electrons. The molecule has 3 nitrogen and oxygen atoms in total. The summed E-state index contributed by atoms with van der Waals surface area (Å²) >= 11 is 0. The van der Waals surface area contributed by atoms with Gasteiger partial charge in [0.25, 0.3) is 0 Å². The van der Waals surface area contributed by atoms with E-state index in [1.54, 1.807) is 0 Å². The third kappa shape index (κ3) is 1.66. The Labute approximate surface area is 82.7 Å². The number of nitrogens with zero attached hydrogens (tertiary/aromatic N) is 1. The van der Waals surface area contributed by atoms with Crippen LogP contribution >= 0.6 is 12.4 Å². The average Bonchev–Trinajstić information content (AvgIpc) is 2.47. The Balaban J connectivity index is 0.000000845. The summed E-state index contributed by atoms with van der Waals surface area (Å²) < 4.78 is 0. The number of fused-ring (bicyclic) bond motifs is 1. The summed E-state index contributed by atoms with van der Waals surface area (Å²) in [6.45, 7) is 2.59. The minimum atomic E-state index is 0. The van der Waals surface area contributed by atoms with Crippen LogP contribution in [0.1, 0.15) is 11.3 Å². The second-order valence-corrected chi connectivity index (χ2v) is 2.90. The first kappa shape index (κ1) is 10.0. The molecule has 1 heterocycles. The molecule has 2 rings (SSSR count). The van der Waals surface area contributed by atoms with E-state index in [1.807, 2.05) is 19.1 Å². The fraction of sp³-hybridized carbons (Fsp3) is 0.222. The van der Waals surface area contributed by atoms with E-state index in [9.17, 15) is 0 Å². The first-order chi connectivity index (χ1) is 5.81. The zero-order valence-electron chi connectivity index (χ0n) is 7.37. The highest BCUT2D eigenvalue weighted by molar-refractivity contribution is 5.85. The number of benzene rings is 1. The Morgan fingerprint density at radius 1 is 1.46 bits per heavy atom. The van der Waals surface area contributed by atoms with Crippen molar-refractivity contribution in [3.8, 4) is 0 Å². The highest BCUT2D eigenvalue weighted by Crippen LogP contribution is 2.16. The minimum Gasteiger partial charge on any atom is -0.326 e. The highest BCUT2D eigenvalue weighted by atomic mass is 35.5. The quantitative estimate of drug-likeness (QED) is 0.732. The summed E-state index contributed by atoms with van der Waals surface area (Å²) in [5, 5.41) is 8.23. The van der Waals surface area contributed by atoms with Crippen molar-refractivity contribution >= 4 is 23.3 Å². The summed E-state index contributed by atoms with van der Waals surface area (Å²) in [6.07, 6.45) is 0. The molecule has 0 saturated carbocycles. The second kappa shape index (κ2) is 3.77. The zero-order chi connectivity index (χ0) is 8.55. The molecule has 0 unspecified atom stereocenters. The Hall–Kier alpha value is -1.06. The van der Waals surface area contributed by atoms with Gasteiger partial charge >= 0.3 is 0 Å². The van der Waals surface area contributed by atoms with E-state index in [0.29, 0.717) is 6.54 Å². The lowest BCUT2D eigenvalue weighted by Crippen LogP contribution is -1.95. The van der Waals surface area contributed by atoms with E-state index in [2.05, 4.69) is 16.3 Å². The molecule has 0 spiro atoms. The lowest BCUT2D eigenvalue weighted by atomic mass is 10.1. The van der Waals surface area contributed by atoms with E-state index in [-0.39, 0.29) is 12.4 Å². The largest absolute Gasteiger partial charge is 0.326 e. The maximum Gasteiger partial charge on any atom is 0.0923 e. The van der Waals surface area contributed by atoms with Gasteiger partial charge in [-0.2, -0.15) is 5.10 Å². The van der Waals surface area contributed by atoms with Gasteiger partial charge in [-0.05, 0) is 24.6 Å². The monoisotopic (exact) mass is 197 g/mol. The van der Waals surface area contributed by atoms with Crippen LogP contribution in [-0.2, 0) is 6.54 Å². The van der Waals surface area contributed by atoms with Crippen molar-refractivity contribution in [3.63, 3.8) is 0 Å². The second-order valence-electron chi connectivity index (χ2n) is 2.90. The minimum absolute atomic E-state index is 0. The van der Waals surface area contributed by atoms with Gasteiger partial charge in [0.15, 0.2) is 0 Å². The van der Waals surface area contributed by atoms with Gasteiger partial charge in [-0.25, -0.2) is 0 Å². The van der Waals surface area contributed by atoms with Crippen LogP contribution in [0.15, 0.2) is 18.2 Å². The SMILES string of the molecule is Cc1[nH]nc2ccc(CN)cc12.Cl. The van der Waals surface area contributed by atoms with Gasteiger partial charge in [-0.15, -0.1) is 12.4 Å². The Bertz CT molecular complexity index is 408. The summed E-state index contributed by atoms with van der Waals surface area (Å²) in [5.41, 5.74) is 8.78. The Morgan fingerprint density at radius 3 is 2.92 bits per heavy atom. The molecule has 0 aliphatic rings. The molecule has 13 heavy (non-hydrogen) atoms. The molecule has 1 aromatic heterocycles. The number of nitrogens with two attached hydrogens (primary N) is 1. The number of nitrogens with one attached hydrogen (secondary N) is 1. The van der Waals surface area contributed by atoms with Crippen LogP contribution in [0.4, 0.5) is 0 Å². The van der Waals surface area contributed by atoms with Gasteiger partial charge in [0, 0.05) is 17.6 Å². The first-order valence-corrected chi connectivity index (χ1v) is 3.95. The lowest BCUT2D eigenvalue weighted by Gasteiger charge is -1.95. The topological polar surface area (TPSA) is 54.7 Å². The fourth-order valence-corrected chi connectivity index (χ4v) is 1.31. The maximum atomic E-state index is 5.53. The van der Waals surface area contributed by atoms with Crippen LogP contribution in [0.25, 0.3) is 10.9 Å². The van der Waals surface area contributed by atoms with Gasteiger partial charge < -0.3 is 5.73 Å². The van der Waals surface area contributed by atoms with Crippen LogP contribution in [0.2, 0.25) is 0 Å². The molecule has 3 N–H and O–H groups in total. The molecule has 0 amide bonds. The number of hydrogen-bond acceptors (Lipinski definition) is 2. The normalized spacial score (nSPS) is 10.0. The van der Waals surface area contributed by atoms with Crippen molar-refractivity contribution in [1.82, 2.24) is 10.2 Å². The Kier molecular flexibility index (Phi) is 2.90. The number of aromatic nitrogens is 2. The molecular weight excluding hydrogens is 186 g/mol. The number of aryl methyl sites for hydroxylation is 1. The summed E-state index contributed by atoms with van der Waals surface area (Å²) in [6, 6.07) is 6.07. The molecule has 0 aliphatic carbocycles. The van der Waals surface area contributed by atoms with Crippen LogP contribution in [0.5, 0.6) is 0 Å². The fourth-order valence-electron chi connectivity index (χ4n) is 1.31. The summed E-state index contributed by atoms with van der Waals surface area (Å²) in [5.74, 6) is 0. The number of halogens is 1. The number of aromatic amines is 1. The number of hydrogen-bond donors (Lipinski definition) is 2. The van der Waals surface area contributed by atoms with E-state index in [1.165, 1.54) is 0 Å². The van der Waals surface area contributed by atoms with Crippen LogP contribution in [0, 0.1) is 6.92 Å². The molecule has 1 aromatic carbocycles. The Morgan fingerprint density at radius 2 is 2.23 bits per heavy atom. The van der Waals surface area contributed by atoms with Gasteiger partial charge in [0.2, 0.25) is 0 Å². The van der Waals surface area contributed by atoms with Crippen molar-refractivity contribution in [2.24, 2.45) is 5.73 Å². The van der Waals surface area contributed by atoms with Crippen molar-refractivity contribution in [2.45, 2.75) is 13.5 Å². The predicted octanol–water partition coefficient (Wildman–Crippen LogP) is 1.75. The van der Waals surface area contributed by atoms with Gasteiger partial charge in [0.1, 0.15) is 0 Å². The molecule has 2 aromatic rings. The number of H-pyrrole nitrogens is 1. The molecule has 0 bridgehead atoms. The summed E-state index contributed by atoms with van der Waals surface area (Å²) in [4.78, 5) is 0. The zero-order valence-corrected chi connectivity index (χ0v) is 8.19. The third-order valence-electron chi connectivity index (χ3n) is 2.04. The van der Waals surface area contributed by atoms with E-state index < -0.39 is 0 Å². The van der Waals surface area contributed by atoms with Crippen molar-refractivity contribution in [2.75, 3.05) is 0 Å². The third-order valence-corrected chi connectivity index (χ3v) is 2.04. The van der Waals surface area contributed by atoms with Crippen molar-refractivity contribution in [1.29, 1.82) is 0 Å². The molecule has 0 aliphatic heterocycles. The van der Waals surface area contributed by atoms with Gasteiger partial charge in [-0.1, -0.05) is 6.07 Å². The van der Waals surface area contributed by atoms with Crippen LogP contribution in [-0.4, -0.2) is 10.2 Å². The molecule has 0 fully saturated rings. The first-order valence-electron chi connectivity index (χ1n) is 3.95. The molecular formula is C9H12ClN3. The van der Waals surface area contributed by atoms with Gasteiger partial charge in [-0.3, -0.25) is 5.10 Å². The van der Waals surface area contributed by atoms with Crippen molar-refractivity contribution < 1.29 is 0 Å². The van der Waals surface area contributed by atoms with Crippen LogP contribution < -0.4 is 5.73 Å². The maximum absolute atomic E-state index is 5.53.